The summed E-state index contributed by atoms with van der Waals surface area (Å²) in [5, 5.41) is 45.5. The zero-order chi connectivity index (χ0) is 80.2. The number of benzene rings is 2. The summed E-state index contributed by atoms with van der Waals surface area (Å²) in [6.45, 7) is 6.82. The molecule has 7 atom stereocenters. The van der Waals surface area contributed by atoms with E-state index in [0.717, 1.165) is 32.1 Å². The molecular formula is C75H101FN12O22Si. The summed E-state index contributed by atoms with van der Waals surface area (Å²) in [4.78, 5) is 161. The predicted octanol–water partition coefficient (Wildman–Crippen LogP) is 0.874. The van der Waals surface area contributed by atoms with E-state index in [4.69, 9.17) is 48.6 Å². The molecule has 2 aliphatic carbocycles. The van der Waals surface area contributed by atoms with Crippen molar-refractivity contribution < 1.29 is 105 Å². The minimum atomic E-state index is -2.07. The number of halogens is 1. The van der Waals surface area contributed by atoms with E-state index in [1.807, 2.05) is 0 Å². The van der Waals surface area contributed by atoms with E-state index in [-0.39, 0.29) is 131 Å². The largest absolute Gasteiger partial charge is 0.481 e. The Morgan fingerprint density at radius 1 is 0.775 bits per heavy atom. The van der Waals surface area contributed by atoms with Crippen molar-refractivity contribution in [2.75, 3.05) is 97.8 Å². The van der Waals surface area contributed by atoms with E-state index >= 15 is 4.39 Å². The van der Waals surface area contributed by atoms with Gasteiger partial charge in [-0.1, -0.05) is 45.2 Å². The summed E-state index contributed by atoms with van der Waals surface area (Å²) in [5.41, 5.74) is 6.24. The highest BCUT2D eigenvalue weighted by Gasteiger charge is 2.46. The van der Waals surface area contributed by atoms with E-state index in [2.05, 4.69) is 59.7 Å². The number of alkyl carbamates (subject to hydrolysis) is 1. The van der Waals surface area contributed by atoms with Crippen LogP contribution < -0.4 is 59.1 Å². The second-order valence-corrected chi connectivity index (χ2v) is 28.8. The summed E-state index contributed by atoms with van der Waals surface area (Å²) >= 11 is 0. The molecule has 111 heavy (non-hydrogen) atoms. The topological polar surface area (TPSA) is 471 Å². The molecule has 36 heteroatoms. The normalized spacial score (nSPS) is 17.1. The number of carboxylic acid groups (broad SMARTS) is 1. The third-order valence-corrected chi connectivity index (χ3v) is 20.3. The van der Waals surface area contributed by atoms with Crippen molar-refractivity contribution in [1.29, 1.82) is 0 Å². The zero-order valence-electron chi connectivity index (χ0n) is 63.1. The number of pyridine rings is 2. The Kier molecular flexibility index (Phi) is 33.5. The van der Waals surface area contributed by atoms with Crippen molar-refractivity contribution in [3.8, 4) is 23.2 Å². The van der Waals surface area contributed by atoms with Gasteiger partial charge < -0.3 is 106 Å². The van der Waals surface area contributed by atoms with Crippen LogP contribution in [0.4, 0.5) is 19.7 Å². The number of aliphatic carboxylic acids is 1. The van der Waals surface area contributed by atoms with Gasteiger partial charge in [0.15, 0.2) is 5.60 Å². The maximum atomic E-state index is 15.4. The number of nitrogens with zero attached hydrogens (tertiary/aromatic N) is 2. The fourth-order valence-electron chi connectivity index (χ4n) is 13.2. The third kappa shape index (κ3) is 25.3. The predicted molar refractivity (Wildman–Crippen MR) is 400 cm³/mol. The highest BCUT2D eigenvalue weighted by Crippen LogP contribution is 2.46. The van der Waals surface area contributed by atoms with Crippen LogP contribution in [0.25, 0.3) is 22.3 Å². The SMILES string of the molecule is CC[C@@]1(O)C(=O)OCc2c1cc1n(c2=O)Cc2c-1nc1cc(F)c(C)c3c1c2[C@@H](NC(=O)COCNC(=O)CNC(=O)OCc1ccc(NC(=O)[C@H](CCCNC(N)=O)NC(=O)[C@@H](NC(=O)[C@H](CCC(=O)O)C([SiH3])NC(=O)CCOCCOCCOCCOCCNC(=O)COC2C#CCCCCC2)C(C)C)cc1)CC3. The van der Waals surface area contributed by atoms with Crippen LogP contribution in [-0.2, 0) is 113 Å². The average molecular weight is 1570 g/mol. The number of nitrogens with one attached hydrogen (secondary N) is 9. The van der Waals surface area contributed by atoms with E-state index in [0.29, 0.717) is 95.9 Å². The number of esters is 1. The summed E-state index contributed by atoms with van der Waals surface area (Å²) in [5.74, 6) is -2.06. The Hall–Kier alpha value is -10.0. The Morgan fingerprint density at radius 3 is 2.20 bits per heavy atom. The maximum absolute atomic E-state index is 15.4. The summed E-state index contributed by atoms with van der Waals surface area (Å²) < 4.78 is 60.6. The summed E-state index contributed by atoms with van der Waals surface area (Å²) in [6.07, 6.45) is 3.89. The molecule has 0 saturated carbocycles. The first-order valence-electron chi connectivity index (χ1n) is 37.3. The Balaban J connectivity index is 0.721. The molecule has 4 aliphatic rings. The molecule has 8 rings (SSSR count). The van der Waals surface area contributed by atoms with E-state index in [9.17, 15) is 67.7 Å². The number of carboxylic acids is 1. The van der Waals surface area contributed by atoms with Gasteiger partial charge in [0.2, 0.25) is 41.4 Å². The van der Waals surface area contributed by atoms with Crippen molar-refractivity contribution in [3.63, 3.8) is 0 Å². The number of cyclic esters (lactones) is 1. The number of carbonyl (C=O) groups excluding carboxylic acids is 10. The highest BCUT2D eigenvalue weighted by molar-refractivity contribution is 6.15. The molecule has 2 unspecified atom stereocenters. The van der Waals surface area contributed by atoms with Crippen LogP contribution in [0.1, 0.15) is 143 Å². The van der Waals surface area contributed by atoms with Crippen LogP contribution in [-0.4, -0.2) is 212 Å². The lowest BCUT2D eigenvalue weighted by atomic mass is 9.81. The molecule has 4 heterocycles. The van der Waals surface area contributed by atoms with Gasteiger partial charge in [-0.3, -0.25) is 43.2 Å². The molecule has 2 aromatic heterocycles. The van der Waals surface area contributed by atoms with Crippen molar-refractivity contribution in [2.24, 2.45) is 17.6 Å². The first-order chi connectivity index (χ1) is 53.3. The molecule has 4 aromatic rings. The molecule has 0 fully saturated rings. The van der Waals surface area contributed by atoms with Crippen molar-refractivity contribution in [3.05, 3.63) is 91.5 Å². The van der Waals surface area contributed by atoms with Gasteiger partial charge in [-0.05, 0) is 111 Å². The smallest absolute Gasteiger partial charge is 0.407 e. The standard InChI is InChI=1S/C75H101FN12O22Si/c1-5-75(102)52-34-57-66-50(37-88(57)71(98)51(52)39-109-72(75)99)64-54(21-19-48-44(4)53(76)35-56(84-66)63(48)64)83-61(92)40-107-42-81-59(90)36-80-74(101)110-38-45-15-17-46(18-16-45)82-68(96)55(14-11-24-79-73(77)100)85-69(97)65(43(2)3)87-67(95)49(20-22-62(93)94)70(111)86-58(89)23-26-103-28-30-105-32-33-106-31-29-104-27-25-78-60(91)41-108-47-12-9-7-6-8-10-13-47/h15-18,34-35,43,47,49,54-55,65,70,102H,5-9,11-12,14,19-33,36-42H2,1-4,111H3,(H,78,91)(H,80,101)(H,81,90)(H,82,96)(H,83,92)(H,85,97)(H,86,89)(H,87,95)(H,93,94)(H3,77,79,100)/t47?,49-,54-,55-,65-,70?,75-/m0/s1. The molecule has 10 amide bonds. The number of nitrogens with two attached hydrogens (primary N) is 1. The van der Waals surface area contributed by atoms with Gasteiger partial charge in [0.1, 0.15) is 63.7 Å². The Bertz CT molecular complexity index is 4140. The number of aliphatic hydroxyl groups is 1. The summed E-state index contributed by atoms with van der Waals surface area (Å²) in [6, 6.07) is 5.01. The number of aryl methyl sites for hydroxylation is 1. The molecule has 0 bridgehead atoms. The molecule has 2 aromatic carbocycles. The number of fused-ring (bicyclic) bond motifs is 5. The lowest BCUT2D eigenvalue weighted by Gasteiger charge is -2.31. The van der Waals surface area contributed by atoms with Crippen LogP contribution in [0.15, 0.2) is 41.2 Å². The molecule has 34 nitrogen and oxygen atoms in total. The fraction of sp³-hybridized carbons (Fsp3) is 0.560. The highest BCUT2D eigenvalue weighted by atomic mass is 28.1. The van der Waals surface area contributed by atoms with Crippen molar-refractivity contribution >= 4 is 92.2 Å². The van der Waals surface area contributed by atoms with Crippen LogP contribution in [0.3, 0.4) is 0 Å². The lowest BCUT2D eigenvalue weighted by molar-refractivity contribution is -0.172. The van der Waals surface area contributed by atoms with E-state index < -0.39 is 138 Å². The first kappa shape index (κ1) is 86.6. The number of anilines is 1. The lowest BCUT2D eigenvalue weighted by Crippen LogP contribution is -2.57. The number of urea groups is 1. The zero-order valence-corrected chi connectivity index (χ0v) is 65.1. The minimum Gasteiger partial charge on any atom is -0.481 e. The number of amides is 10. The maximum Gasteiger partial charge on any atom is 0.407 e. The van der Waals surface area contributed by atoms with E-state index in [1.165, 1.54) is 22.8 Å². The van der Waals surface area contributed by atoms with Crippen LogP contribution >= 0.6 is 0 Å². The van der Waals surface area contributed by atoms with Gasteiger partial charge in [0.25, 0.3) is 5.56 Å². The van der Waals surface area contributed by atoms with Crippen molar-refractivity contribution in [1.82, 2.24) is 52.1 Å². The van der Waals surface area contributed by atoms with Gasteiger partial charge in [-0.25, -0.2) is 23.8 Å². The van der Waals surface area contributed by atoms with Gasteiger partial charge in [0, 0.05) is 76.5 Å². The van der Waals surface area contributed by atoms with Gasteiger partial charge >= 0.3 is 24.1 Å². The molecule has 13 N–H and O–H groups in total. The van der Waals surface area contributed by atoms with Crippen molar-refractivity contribution in [2.45, 2.75) is 166 Å². The molecule has 0 spiro atoms. The van der Waals surface area contributed by atoms with Crippen LogP contribution in [0.2, 0.25) is 0 Å². The molecular weight excluding hydrogens is 1470 g/mol. The number of ether oxygens (including phenoxy) is 8. The number of primary amides is 1. The van der Waals surface area contributed by atoms with Gasteiger partial charge in [-0.15, -0.1) is 5.92 Å². The summed E-state index contributed by atoms with van der Waals surface area (Å²) in [7, 11) is 0.205. The monoisotopic (exact) mass is 1570 g/mol. The third-order valence-electron chi connectivity index (χ3n) is 19.3. The Morgan fingerprint density at radius 2 is 1.50 bits per heavy atom. The Labute approximate surface area is 643 Å². The van der Waals surface area contributed by atoms with E-state index in [1.54, 1.807) is 45.9 Å². The quantitative estimate of drug-likeness (QED) is 0.00846. The number of carbonyl (C=O) groups is 11. The minimum absolute atomic E-state index is 0.0128. The molecule has 0 saturated heterocycles. The second-order valence-electron chi connectivity index (χ2n) is 27.6. The van der Waals surface area contributed by atoms with Crippen LogP contribution in [0, 0.1) is 36.4 Å². The number of aromatic nitrogens is 2. The van der Waals surface area contributed by atoms with Gasteiger partial charge in [-0.2, -0.15) is 0 Å². The fourth-order valence-corrected chi connectivity index (χ4v) is 14.2. The average Bonchev–Trinajstić information content (AvgIpc) is 1.58. The molecule has 2 aliphatic heterocycles. The number of hydrogen-bond acceptors (Lipinski definition) is 22. The number of rotatable bonds is 44. The van der Waals surface area contributed by atoms with Crippen LogP contribution in [0.5, 0.6) is 0 Å². The molecule has 0 radical (unpaired) electrons. The first-order valence-corrected chi connectivity index (χ1v) is 38.5. The molecule has 604 valence electrons. The second kappa shape index (κ2) is 43.0. The number of hydrogen-bond donors (Lipinski definition) is 12. The van der Waals surface area contributed by atoms with Gasteiger partial charge in [0.05, 0.1) is 93.8 Å².